The van der Waals surface area contributed by atoms with Crippen molar-refractivity contribution in [3.63, 3.8) is 0 Å². The quantitative estimate of drug-likeness (QED) is 0.861. The van der Waals surface area contributed by atoms with E-state index in [1.165, 1.54) is 12.1 Å². The average Bonchev–Trinajstić information content (AvgIpc) is 2.71. The minimum Gasteiger partial charge on any atom is -0.458 e. The molecule has 0 fully saturated rings. The van der Waals surface area contributed by atoms with Gasteiger partial charge in [0.15, 0.2) is 0 Å². The minimum atomic E-state index is -0.949. The molecule has 1 heterocycles. The fourth-order valence-corrected chi connectivity index (χ4v) is 1.84. The molecule has 1 N–H and O–H groups in total. The second kappa shape index (κ2) is 3.91. The molecule has 2 rings (SSSR count). The van der Waals surface area contributed by atoms with Crippen molar-refractivity contribution in [3.8, 4) is 0 Å². The molecular weight excluding hydrogens is 207 g/mol. The molecule has 2 aromatic rings. The maximum Gasteiger partial charge on any atom is 0.136 e. The molecule has 0 aliphatic carbocycles. The molecule has 0 bridgehead atoms. The SMILES string of the molecule is CCC(O)(CC)c1cc2cc(F)ccc2o1. The van der Waals surface area contributed by atoms with E-state index in [4.69, 9.17) is 4.42 Å². The third-order valence-electron chi connectivity index (χ3n) is 3.11. The summed E-state index contributed by atoms with van der Waals surface area (Å²) in [5.41, 5.74) is -0.341. The first kappa shape index (κ1) is 11.1. The highest BCUT2D eigenvalue weighted by molar-refractivity contribution is 5.78. The smallest absolute Gasteiger partial charge is 0.136 e. The summed E-state index contributed by atoms with van der Waals surface area (Å²) in [4.78, 5) is 0. The normalized spacial score (nSPS) is 12.2. The van der Waals surface area contributed by atoms with Crippen LogP contribution in [0.15, 0.2) is 28.7 Å². The molecule has 3 heteroatoms. The first-order valence-corrected chi connectivity index (χ1v) is 5.51. The van der Waals surface area contributed by atoms with Crippen LogP contribution in [0, 0.1) is 5.82 Å². The Bertz CT molecular complexity index is 498. The van der Waals surface area contributed by atoms with E-state index in [9.17, 15) is 9.50 Å². The Morgan fingerprint density at radius 2 is 1.94 bits per heavy atom. The van der Waals surface area contributed by atoms with Gasteiger partial charge in [-0.05, 0) is 37.1 Å². The number of halogens is 1. The number of hydrogen-bond donors (Lipinski definition) is 1. The van der Waals surface area contributed by atoms with Gasteiger partial charge in [-0.1, -0.05) is 13.8 Å². The molecule has 0 spiro atoms. The number of benzene rings is 1. The highest BCUT2D eigenvalue weighted by Crippen LogP contribution is 2.33. The first-order valence-electron chi connectivity index (χ1n) is 5.51. The lowest BCUT2D eigenvalue weighted by Crippen LogP contribution is -2.22. The van der Waals surface area contributed by atoms with Crippen molar-refractivity contribution < 1.29 is 13.9 Å². The van der Waals surface area contributed by atoms with Gasteiger partial charge in [0.2, 0.25) is 0 Å². The van der Waals surface area contributed by atoms with Crippen LogP contribution in [0.5, 0.6) is 0 Å². The topological polar surface area (TPSA) is 33.4 Å². The van der Waals surface area contributed by atoms with Crippen molar-refractivity contribution in [2.45, 2.75) is 32.3 Å². The van der Waals surface area contributed by atoms with Gasteiger partial charge < -0.3 is 9.52 Å². The second-order valence-electron chi connectivity index (χ2n) is 4.03. The summed E-state index contributed by atoms with van der Waals surface area (Å²) in [6.07, 6.45) is 1.15. The summed E-state index contributed by atoms with van der Waals surface area (Å²) in [6, 6.07) is 6.06. The second-order valence-corrected chi connectivity index (χ2v) is 4.03. The number of hydrogen-bond acceptors (Lipinski definition) is 2. The van der Waals surface area contributed by atoms with Gasteiger partial charge in [0.1, 0.15) is 22.8 Å². The fourth-order valence-electron chi connectivity index (χ4n) is 1.84. The Morgan fingerprint density at radius 3 is 2.56 bits per heavy atom. The van der Waals surface area contributed by atoms with Crippen LogP contribution < -0.4 is 0 Å². The lowest BCUT2D eigenvalue weighted by molar-refractivity contribution is 0.00832. The van der Waals surface area contributed by atoms with Crippen LogP contribution in [-0.2, 0) is 5.60 Å². The number of furan rings is 1. The highest BCUT2D eigenvalue weighted by Gasteiger charge is 2.28. The van der Waals surface area contributed by atoms with Crippen LogP contribution in [0.1, 0.15) is 32.4 Å². The summed E-state index contributed by atoms with van der Waals surface area (Å²) in [7, 11) is 0. The lowest BCUT2D eigenvalue weighted by atomic mass is 9.94. The maximum atomic E-state index is 13.0. The third-order valence-corrected chi connectivity index (χ3v) is 3.11. The molecule has 0 atom stereocenters. The summed E-state index contributed by atoms with van der Waals surface area (Å²) in [5, 5.41) is 11.0. The predicted octanol–water partition coefficient (Wildman–Crippen LogP) is 3.58. The predicted molar refractivity (Wildman–Crippen MR) is 60.7 cm³/mol. The van der Waals surface area contributed by atoms with Crippen molar-refractivity contribution in [2.24, 2.45) is 0 Å². The summed E-state index contributed by atoms with van der Waals surface area (Å²) in [5.74, 6) is 0.217. The number of rotatable bonds is 3. The Balaban J connectivity index is 2.54. The van der Waals surface area contributed by atoms with Gasteiger partial charge in [0, 0.05) is 5.39 Å². The Kier molecular flexibility index (Phi) is 2.72. The molecule has 1 aromatic carbocycles. The molecule has 1 aromatic heterocycles. The number of aliphatic hydroxyl groups is 1. The van der Waals surface area contributed by atoms with E-state index in [1.54, 1.807) is 12.1 Å². The zero-order chi connectivity index (χ0) is 11.8. The molecule has 0 saturated carbocycles. The summed E-state index contributed by atoms with van der Waals surface area (Å²) >= 11 is 0. The summed E-state index contributed by atoms with van der Waals surface area (Å²) < 4.78 is 18.6. The molecule has 86 valence electrons. The van der Waals surface area contributed by atoms with Gasteiger partial charge in [0.05, 0.1) is 0 Å². The monoisotopic (exact) mass is 222 g/mol. The van der Waals surface area contributed by atoms with E-state index >= 15 is 0 Å². The largest absolute Gasteiger partial charge is 0.458 e. The molecule has 0 amide bonds. The van der Waals surface area contributed by atoms with Crippen LogP contribution in [0.3, 0.4) is 0 Å². The van der Waals surface area contributed by atoms with Crippen molar-refractivity contribution >= 4 is 11.0 Å². The zero-order valence-electron chi connectivity index (χ0n) is 9.46. The van der Waals surface area contributed by atoms with E-state index in [0.717, 1.165) is 0 Å². The van der Waals surface area contributed by atoms with E-state index in [0.29, 0.717) is 29.6 Å². The van der Waals surface area contributed by atoms with Crippen LogP contribution in [0.4, 0.5) is 4.39 Å². The molecule has 16 heavy (non-hydrogen) atoms. The van der Waals surface area contributed by atoms with Crippen molar-refractivity contribution in [1.82, 2.24) is 0 Å². The third kappa shape index (κ3) is 1.71. The van der Waals surface area contributed by atoms with Crippen LogP contribution in [0.25, 0.3) is 11.0 Å². The Labute approximate surface area is 93.7 Å². The van der Waals surface area contributed by atoms with Gasteiger partial charge in [-0.25, -0.2) is 4.39 Å². The van der Waals surface area contributed by atoms with Crippen molar-refractivity contribution in [3.05, 3.63) is 35.8 Å². The Hall–Kier alpha value is -1.35. The highest BCUT2D eigenvalue weighted by atomic mass is 19.1. The van der Waals surface area contributed by atoms with E-state index in [1.807, 2.05) is 13.8 Å². The van der Waals surface area contributed by atoms with E-state index in [2.05, 4.69) is 0 Å². The molecule has 0 radical (unpaired) electrons. The van der Waals surface area contributed by atoms with Crippen LogP contribution in [0.2, 0.25) is 0 Å². The van der Waals surface area contributed by atoms with E-state index < -0.39 is 5.60 Å². The lowest BCUT2D eigenvalue weighted by Gasteiger charge is -2.21. The average molecular weight is 222 g/mol. The molecule has 2 nitrogen and oxygen atoms in total. The molecule has 0 saturated heterocycles. The zero-order valence-corrected chi connectivity index (χ0v) is 9.46. The molecule has 0 unspecified atom stereocenters. The fraction of sp³-hybridized carbons (Fsp3) is 0.385. The van der Waals surface area contributed by atoms with Crippen LogP contribution >= 0.6 is 0 Å². The molecular formula is C13H15FO2. The van der Waals surface area contributed by atoms with Crippen LogP contribution in [-0.4, -0.2) is 5.11 Å². The first-order chi connectivity index (χ1) is 7.59. The number of fused-ring (bicyclic) bond motifs is 1. The van der Waals surface area contributed by atoms with Gasteiger partial charge in [-0.3, -0.25) is 0 Å². The van der Waals surface area contributed by atoms with Gasteiger partial charge in [-0.15, -0.1) is 0 Å². The summed E-state index contributed by atoms with van der Waals surface area (Å²) in [6.45, 7) is 3.80. The van der Waals surface area contributed by atoms with Crippen molar-refractivity contribution in [2.75, 3.05) is 0 Å². The minimum absolute atomic E-state index is 0.295. The van der Waals surface area contributed by atoms with Crippen molar-refractivity contribution in [1.29, 1.82) is 0 Å². The Morgan fingerprint density at radius 1 is 1.25 bits per heavy atom. The van der Waals surface area contributed by atoms with Gasteiger partial charge in [0.25, 0.3) is 0 Å². The molecule has 0 aliphatic heterocycles. The standard InChI is InChI=1S/C13H15FO2/c1-3-13(15,4-2)12-8-9-7-10(14)5-6-11(9)16-12/h5-8,15H,3-4H2,1-2H3. The van der Waals surface area contributed by atoms with Gasteiger partial charge >= 0.3 is 0 Å². The van der Waals surface area contributed by atoms with E-state index in [-0.39, 0.29) is 5.82 Å². The van der Waals surface area contributed by atoms with Gasteiger partial charge in [-0.2, -0.15) is 0 Å². The maximum absolute atomic E-state index is 13.0. The molecule has 0 aliphatic rings.